The normalized spacial score (nSPS) is 17.2. The van der Waals surface area contributed by atoms with Crippen LogP contribution >= 0.6 is 0 Å². The first-order valence-electron chi connectivity index (χ1n) is 10.4. The number of rotatable bonds is 6. The highest BCUT2D eigenvalue weighted by Gasteiger charge is 2.32. The van der Waals surface area contributed by atoms with Crippen LogP contribution in [0, 0.1) is 5.82 Å². The van der Waals surface area contributed by atoms with Crippen molar-refractivity contribution in [3.8, 4) is 11.5 Å². The number of amides is 1. The summed E-state index contributed by atoms with van der Waals surface area (Å²) in [6, 6.07) is 11.1. The summed E-state index contributed by atoms with van der Waals surface area (Å²) < 4.78 is 46.1. The van der Waals surface area contributed by atoms with E-state index in [1.54, 1.807) is 4.31 Å². The smallest absolute Gasteiger partial charge is 0.322 e. The molecule has 2 aromatic carbocycles. The maximum Gasteiger partial charge on any atom is 0.322 e. The van der Waals surface area contributed by atoms with Gasteiger partial charge in [-0.25, -0.2) is 12.8 Å². The van der Waals surface area contributed by atoms with Gasteiger partial charge >= 0.3 is 6.01 Å². The molecule has 0 aliphatic carbocycles. The summed E-state index contributed by atoms with van der Waals surface area (Å²) in [6.07, 6.45) is 3.51. The number of nitrogens with zero attached hydrogens (tertiary/aromatic N) is 3. The Bertz CT molecular complexity index is 1190. The van der Waals surface area contributed by atoms with Crippen molar-refractivity contribution in [2.24, 2.45) is 0 Å². The molecule has 8 nitrogen and oxygen atoms in total. The van der Waals surface area contributed by atoms with Crippen molar-refractivity contribution in [3.63, 3.8) is 0 Å². The lowest BCUT2D eigenvalue weighted by Gasteiger charge is -2.34. The van der Waals surface area contributed by atoms with Crippen molar-refractivity contribution in [1.82, 2.24) is 14.5 Å². The van der Waals surface area contributed by atoms with Crippen LogP contribution < -0.4 is 5.32 Å². The van der Waals surface area contributed by atoms with E-state index in [1.807, 2.05) is 6.92 Å². The molecule has 0 radical (unpaired) electrons. The first kappa shape index (κ1) is 22.1. The summed E-state index contributed by atoms with van der Waals surface area (Å²) in [5.41, 5.74) is 0.758. The van der Waals surface area contributed by atoms with Gasteiger partial charge in [-0.3, -0.25) is 10.1 Å². The first-order chi connectivity index (χ1) is 15.4. The van der Waals surface area contributed by atoms with Crippen molar-refractivity contribution < 1.29 is 22.0 Å². The molecule has 32 heavy (non-hydrogen) atoms. The molecule has 1 atom stereocenters. The van der Waals surface area contributed by atoms with Gasteiger partial charge < -0.3 is 4.42 Å². The number of halogens is 1. The zero-order valence-corrected chi connectivity index (χ0v) is 18.3. The summed E-state index contributed by atoms with van der Waals surface area (Å²) in [5, 5.41) is 10.1. The number of anilines is 1. The van der Waals surface area contributed by atoms with Crippen molar-refractivity contribution >= 4 is 21.9 Å². The van der Waals surface area contributed by atoms with E-state index in [0.29, 0.717) is 12.1 Å². The molecule has 1 aliphatic heterocycles. The lowest BCUT2D eigenvalue weighted by Crippen LogP contribution is -2.43. The molecule has 1 fully saturated rings. The molecule has 4 rings (SSSR count). The Morgan fingerprint density at radius 2 is 1.84 bits per heavy atom. The second kappa shape index (κ2) is 9.17. The predicted molar refractivity (Wildman–Crippen MR) is 116 cm³/mol. The third kappa shape index (κ3) is 4.56. The number of hydrogen-bond acceptors (Lipinski definition) is 6. The minimum absolute atomic E-state index is 0.00422. The fourth-order valence-electron chi connectivity index (χ4n) is 3.76. The summed E-state index contributed by atoms with van der Waals surface area (Å²) in [7, 11) is -3.62. The molecule has 0 spiro atoms. The zero-order chi connectivity index (χ0) is 22.7. The highest BCUT2D eigenvalue weighted by molar-refractivity contribution is 7.89. The van der Waals surface area contributed by atoms with E-state index < -0.39 is 21.7 Å². The van der Waals surface area contributed by atoms with Gasteiger partial charge in [0.2, 0.25) is 15.9 Å². The number of carbonyl (C=O) groups excluding carboxylic acids is 1. The molecule has 2 heterocycles. The van der Waals surface area contributed by atoms with Gasteiger partial charge in [-0.2, -0.15) is 4.31 Å². The molecule has 1 aromatic heterocycles. The lowest BCUT2D eigenvalue weighted by atomic mass is 10.0. The Labute approximate surface area is 185 Å². The van der Waals surface area contributed by atoms with Gasteiger partial charge in [0, 0.05) is 23.7 Å². The minimum atomic E-state index is -3.62. The van der Waals surface area contributed by atoms with Crippen LogP contribution in [0.1, 0.15) is 43.0 Å². The van der Waals surface area contributed by atoms with Gasteiger partial charge in [0.25, 0.3) is 5.91 Å². The number of benzene rings is 2. The topological polar surface area (TPSA) is 105 Å². The summed E-state index contributed by atoms with van der Waals surface area (Å²) in [4.78, 5) is 12.7. The Kier molecular flexibility index (Phi) is 6.33. The highest BCUT2D eigenvalue weighted by atomic mass is 32.2. The highest BCUT2D eigenvalue weighted by Crippen LogP contribution is 2.27. The number of aromatic nitrogens is 2. The fraction of sp³-hybridized carbons (Fsp3) is 0.318. The Morgan fingerprint density at radius 3 is 2.53 bits per heavy atom. The standard InChI is InChI=1S/C22H23FN4O4S/c1-2-18-5-3-4-14-27(18)32(29,30)19-12-8-15(9-13-19)20(28)24-22-26-25-21(31-22)16-6-10-17(23)11-7-16/h6-13,18H,2-5,14H2,1H3,(H,24,26,28)/t18-/m1/s1. The molecule has 0 bridgehead atoms. The predicted octanol–water partition coefficient (Wildman–Crippen LogP) is 4.08. The van der Waals surface area contributed by atoms with E-state index in [2.05, 4.69) is 15.5 Å². The molecule has 1 saturated heterocycles. The number of nitrogens with one attached hydrogen (secondary N) is 1. The average Bonchev–Trinajstić information content (AvgIpc) is 3.28. The molecule has 0 saturated carbocycles. The van der Waals surface area contributed by atoms with E-state index in [-0.39, 0.29) is 28.4 Å². The molecular formula is C22H23FN4O4S. The van der Waals surface area contributed by atoms with Crippen LogP contribution in [0.15, 0.2) is 57.8 Å². The maximum absolute atomic E-state index is 13.1. The number of piperidine rings is 1. The molecule has 1 amide bonds. The van der Waals surface area contributed by atoms with Crippen molar-refractivity contribution in [2.75, 3.05) is 11.9 Å². The van der Waals surface area contributed by atoms with Crippen molar-refractivity contribution in [2.45, 2.75) is 43.5 Å². The molecular weight excluding hydrogens is 435 g/mol. The van der Waals surface area contributed by atoms with Gasteiger partial charge in [0.05, 0.1) is 4.90 Å². The van der Waals surface area contributed by atoms with Crippen molar-refractivity contribution in [1.29, 1.82) is 0 Å². The molecule has 168 valence electrons. The van der Waals surface area contributed by atoms with Crippen LogP contribution in [0.2, 0.25) is 0 Å². The molecule has 1 aliphatic rings. The van der Waals surface area contributed by atoms with Gasteiger partial charge in [-0.05, 0) is 67.8 Å². The number of sulfonamides is 1. The van der Waals surface area contributed by atoms with Crippen LogP contribution in [0.4, 0.5) is 10.4 Å². The van der Waals surface area contributed by atoms with Crippen LogP contribution in [-0.2, 0) is 10.0 Å². The third-order valence-electron chi connectivity index (χ3n) is 5.50. The summed E-state index contributed by atoms with van der Waals surface area (Å²) >= 11 is 0. The summed E-state index contributed by atoms with van der Waals surface area (Å²) in [6.45, 7) is 2.50. The Hall–Kier alpha value is -3.11. The van der Waals surface area contributed by atoms with Gasteiger partial charge in [-0.15, -0.1) is 5.10 Å². The lowest BCUT2D eigenvalue weighted by molar-refractivity contribution is 0.102. The SMILES string of the molecule is CC[C@@H]1CCCCN1S(=O)(=O)c1ccc(C(=O)Nc2nnc(-c3ccc(F)cc3)o2)cc1. The number of hydrogen-bond donors (Lipinski definition) is 1. The quantitative estimate of drug-likeness (QED) is 0.597. The van der Waals surface area contributed by atoms with E-state index in [0.717, 1.165) is 25.7 Å². The Morgan fingerprint density at radius 1 is 1.12 bits per heavy atom. The van der Waals surface area contributed by atoms with Gasteiger partial charge in [0.1, 0.15) is 5.82 Å². The van der Waals surface area contributed by atoms with Crippen molar-refractivity contribution in [3.05, 3.63) is 59.9 Å². The van der Waals surface area contributed by atoms with Crippen LogP contribution in [0.3, 0.4) is 0 Å². The molecule has 10 heteroatoms. The summed E-state index contributed by atoms with van der Waals surface area (Å²) in [5.74, 6) is -0.779. The largest absolute Gasteiger partial charge is 0.403 e. The van der Waals surface area contributed by atoms with Crippen LogP contribution in [0.5, 0.6) is 0 Å². The van der Waals surface area contributed by atoms with E-state index in [4.69, 9.17) is 4.42 Å². The zero-order valence-electron chi connectivity index (χ0n) is 17.5. The Balaban J connectivity index is 1.46. The third-order valence-corrected chi connectivity index (χ3v) is 7.47. The van der Waals surface area contributed by atoms with E-state index in [9.17, 15) is 17.6 Å². The molecule has 3 aromatic rings. The molecule has 1 N–H and O–H groups in total. The second-order valence-corrected chi connectivity index (χ2v) is 9.46. The minimum Gasteiger partial charge on any atom is -0.403 e. The van der Waals surface area contributed by atoms with Gasteiger partial charge in [0.15, 0.2) is 0 Å². The maximum atomic E-state index is 13.1. The van der Waals surface area contributed by atoms with E-state index in [1.165, 1.54) is 48.5 Å². The number of carbonyl (C=O) groups is 1. The second-order valence-electron chi connectivity index (χ2n) is 7.57. The molecule has 0 unspecified atom stereocenters. The fourth-order valence-corrected chi connectivity index (χ4v) is 5.53. The van der Waals surface area contributed by atoms with Gasteiger partial charge in [-0.1, -0.05) is 18.4 Å². The van der Waals surface area contributed by atoms with Crippen LogP contribution in [-0.4, -0.2) is 41.4 Å². The average molecular weight is 459 g/mol. The van der Waals surface area contributed by atoms with E-state index >= 15 is 0 Å². The monoisotopic (exact) mass is 458 g/mol. The first-order valence-corrected chi connectivity index (χ1v) is 11.8. The van der Waals surface area contributed by atoms with Crippen LogP contribution in [0.25, 0.3) is 11.5 Å².